The first-order valence-corrected chi connectivity index (χ1v) is 10.1. The summed E-state index contributed by atoms with van der Waals surface area (Å²) in [7, 11) is 0. The maximum absolute atomic E-state index is 12.4. The third-order valence-electron chi connectivity index (χ3n) is 5.38. The zero-order valence-corrected chi connectivity index (χ0v) is 17.2. The molecule has 0 radical (unpaired) electrons. The van der Waals surface area contributed by atoms with Crippen LogP contribution in [0.25, 0.3) is 16.8 Å². The SMILES string of the molecule is CC(C)(C)OC(=O)NC1(c2ccc(-c3ccccc3-n3ccnc3)cc2)CCC1. The van der Waals surface area contributed by atoms with E-state index in [1.165, 1.54) is 0 Å². The number of para-hydroxylation sites is 1. The van der Waals surface area contributed by atoms with Crippen molar-refractivity contribution in [2.24, 2.45) is 0 Å². The summed E-state index contributed by atoms with van der Waals surface area (Å²) < 4.78 is 7.50. The molecule has 0 bridgehead atoms. The molecule has 1 N–H and O–H groups in total. The van der Waals surface area contributed by atoms with Gasteiger partial charge in [-0.1, -0.05) is 42.5 Å². The Balaban J connectivity index is 1.59. The van der Waals surface area contributed by atoms with Crippen molar-refractivity contribution < 1.29 is 9.53 Å². The molecule has 1 aromatic heterocycles. The second-order valence-corrected chi connectivity index (χ2v) is 8.63. The van der Waals surface area contributed by atoms with Gasteiger partial charge in [-0.25, -0.2) is 9.78 Å². The Bertz CT molecular complexity index is 982. The van der Waals surface area contributed by atoms with Gasteiger partial charge in [0, 0.05) is 18.0 Å². The molecule has 1 fully saturated rings. The van der Waals surface area contributed by atoms with Gasteiger partial charge in [-0.05, 0) is 57.2 Å². The fraction of sp³-hybridized carbons (Fsp3) is 0.333. The van der Waals surface area contributed by atoms with Crippen LogP contribution in [0.1, 0.15) is 45.6 Å². The number of carbonyl (C=O) groups excluding carboxylic acids is 1. The molecule has 150 valence electrons. The summed E-state index contributed by atoms with van der Waals surface area (Å²) in [6.07, 6.45) is 8.13. The lowest BCUT2D eigenvalue weighted by Crippen LogP contribution is -2.52. The first-order valence-electron chi connectivity index (χ1n) is 10.1. The standard InChI is InChI=1S/C24H27N3O2/c1-23(2,3)29-22(28)26-24(13-6-14-24)19-11-9-18(10-12-19)20-7-4-5-8-21(20)27-16-15-25-17-27/h4-5,7-12,15-17H,6,13-14H2,1-3H3,(H,26,28). The number of alkyl carbamates (subject to hydrolysis) is 1. The van der Waals surface area contributed by atoms with Crippen molar-refractivity contribution in [2.45, 2.75) is 51.2 Å². The molecular weight excluding hydrogens is 362 g/mol. The molecular formula is C24H27N3O2. The predicted octanol–water partition coefficient (Wildman–Crippen LogP) is 5.44. The zero-order valence-electron chi connectivity index (χ0n) is 17.2. The van der Waals surface area contributed by atoms with Gasteiger partial charge in [0.2, 0.25) is 0 Å². The van der Waals surface area contributed by atoms with Gasteiger partial charge in [0.25, 0.3) is 0 Å². The average Bonchev–Trinajstić information content (AvgIpc) is 3.18. The smallest absolute Gasteiger partial charge is 0.408 e. The quantitative estimate of drug-likeness (QED) is 0.646. The molecule has 29 heavy (non-hydrogen) atoms. The highest BCUT2D eigenvalue weighted by molar-refractivity contribution is 5.74. The third-order valence-corrected chi connectivity index (χ3v) is 5.38. The van der Waals surface area contributed by atoms with Crippen molar-refractivity contribution >= 4 is 6.09 Å². The molecule has 0 atom stereocenters. The van der Waals surface area contributed by atoms with Crippen LogP contribution in [-0.4, -0.2) is 21.2 Å². The number of benzene rings is 2. The summed E-state index contributed by atoms with van der Waals surface area (Å²) >= 11 is 0. The molecule has 2 aromatic carbocycles. The molecule has 1 amide bonds. The second kappa shape index (κ2) is 7.39. The molecule has 0 spiro atoms. The van der Waals surface area contributed by atoms with Crippen LogP contribution in [0.2, 0.25) is 0 Å². The summed E-state index contributed by atoms with van der Waals surface area (Å²) in [5, 5.41) is 3.12. The van der Waals surface area contributed by atoms with E-state index in [9.17, 15) is 4.79 Å². The Hall–Kier alpha value is -3.08. The fourth-order valence-corrected chi connectivity index (χ4v) is 3.83. The van der Waals surface area contributed by atoms with Gasteiger partial charge >= 0.3 is 6.09 Å². The first kappa shape index (κ1) is 19.2. The molecule has 1 heterocycles. The number of carbonyl (C=O) groups is 1. The number of aromatic nitrogens is 2. The average molecular weight is 389 g/mol. The molecule has 5 heteroatoms. The summed E-state index contributed by atoms with van der Waals surface area (Å²) in [5.74, 6) is 0. The number of nitrogens with zero attached hydrogens (tertiary/aromatic N) is 2. The molecule has 1 saturated carbocycles. The van der Waals surface area contributed by atoms with Crippen LogP contribution in [0.15, 0.2) is 67.3 Å². The maximum Gasteiger partial charge on any atom is 0.408 e. The Morgan fingerprint density at radius 2 is 1.83 bits per heavy atom. The first-order chi connectivity index (χ1) is 13.9. The number of ether oxygens (including phenoxy) is 1. The van der Waals surface area contributed by atoms with Crippen molar-refractivity contribution in [1.82, 2.24) is 14.9 Å². The molecule has 1 aliphatic rings. The fourth-order valence-electron chi connectivity index (χ4n) is 3.83. The van der Waals surface area contributed by atoms with E-state index in [4.69, 9.17) is 4.74 Å². The van der Waals surface area contributed by atoms with Gasteiger partial charge in [0.1, 0.15) is 5.60 Å². The van der Waals surface area contributed by atoms with Crippen LogP contribution in [0.4, 0.5) is 4.79 Å². The van der Waals surface area contributed by atoms with Crippen molar-refractivity contribution in [2.75, 3.05) is 0 Å². The van der Waals surface area contributed by atoms with Crippen LogP contribution in [0.5, 0.6) is 0 Å². The van der Waals surface area contributed by atoms with E-state index in [0.717, 1.165) is 41.6 Å². The molecule has 0 saturated heterocycles. The van der Waals surface area contributed by atoms with Gasteiger partial charge in [-0.3, -0.25) is 0 Å². The third kappa shape index (κ3) is 4.04. The Kier molecular flexibility index (Phi) is 4.91. The number of rotatable bonds is 4. The lowest BCUT2D eigenvalue weighted by atomic mass is 9.71. The zero-order chi connectivity index (χ0) is 20.5. The molecule has 0 aliphatic heterocycles. The highest BCUT2D eigenvalue weighted by atomic mass is 16.6. The number of imidazole rings is 1. The van der Waals surface area contributed by atoms with Crippen molar-refractivity contribution in [3.8, 4) is 16.8 Å². The van der Waals surface area contributed by atoms with Crippen LogP contribution < -0.4 is 5.32 Å². The monoisotopic (exact) mass is 389 g/mol. The summed E-state index contributed by atoms with van der Waals surface area (Å²) in [6, 6.07) is 16.8. The lowest BCUT2D eigenvalue weighted by molar-refractivity contribution is 0.0377. The van der Waals surface area contributed by atoms with Crippen molar-refractivity contribution in [3.63, 3.8) is 0 Å². The lowest BCUT2D eigenvalue weighted by Gasteiger charge is -2.43. The highest BCUT2D eigenvalue weighted by Crippen LogP contribution is 2.42. The second-order valence-electron chi connectivity index (χ2n) is 8.63. The summed E-state index contributed by atoms with van der Waals surface area (Å²) in [5.41, 5.74) is 3.65. The van der Waals surface area contributed by atoms with Gasteiger partial charge in [0.05, 0.1) is 17.6 Å². The Labute approximate surface area is 171 Å². The van der Waals surface area contributed by atoms with Gasteiger partial charge < -0.3 is 14.6 Å². The van der Waals surface area contributed by atoms with E-state index in [1.807, 2.05) is 43.7 Å². The molecule has 5 nitrogen and oxygen atoms in total. The minimum absolute atomic E-state index is 0.329. The largest absolute Gasteiger partial charge is 0.444 e. The maximum atomic E-state index is 12.4. The Morgan fingerprint density at radius 3 is 2.41 bits per heavy atom. The van der Waals surface area contributed by atoms with E-state index in [-0.39, 0.29) is 11.6 Å². The van der Waals surface area contributed by atoms with E-state index in [0.29, 0.717) is 0 Å². The van der Waals surface area contributed by atoms with Crippen LogP contribution in [-0.2, 0) is 10.3 Å². The molecule has 3 aromatic rings. The number of hydrogen-bond acceptors (Lipinski definition) is 3. The number of hydrogen-bond donors (Lipinski definition) is 1. The van der Waals surface area contributed by atoms with Gasteiger partial charge in [-0.2, -0.15) is 0 Å². The van der Waals surface area contributed by atoms with E-state index >= 15 is 0 Å². The van der Waals surface area contributed by atoms with E-state index < -0.39 is 5.60 Å². The van der Waals surface area contributed by atoms with Crippen LogP contribution >= 0.6 is 0 Å². The van der Waals surface area contributed by atoms with Crippen molar-refractivity contribution in [3.05, 3.63) is 72.8 Å². The summed E-state index contributed by atoms with van der Waals surface area (Å²) in [4.78, 5) is 16.5. The predicted molar refractivity (Wildman–Crippen MR) is 114 cm³/mol. The topological polar surface area (TPSA) is 56.1 Å². The summed E-state index contributed by atoms with van der Waals surface area (Å²) in [6.45, 7) is 5.64. The highest BCUT2D eigenvalue weighted by Gasteiger charge is 2.41. The van der Waals surface area contributed by atoms with E-state index in [1.54, 1.807) is 12.5 Å². The molecule has 0 unspecified atom stereocenters. The number of nitrogens with one attached hydrogen (secondary N) is 1. The Morgan fingerprint density at radius 1 is 1.10 bits per heavy atom. The normalized spacial score (nSPS) is 15.4. The molecule has 1 aliphatic carbocycles. The molecule has 4 rings (SSSR count). The minimum Gasteiger partial charge on any atom is -0.444 e. The van der Waals surface area contributed by atoms with E-state index in [2.05, 4.69) is 46.7 Å². The van der Waals surface area contributed by atoms with Crippen LogP contribution in [0.3, 0.4) is 0 Å². The minimum atomic E-state index is -0.504. The number of amides is 1. The van der Waals surface area contributed by atoms with Crippen molar-refractivity contribution in [1.29, 1.82) is 0 Å². The van der Waals surface area contributed by atoms with Crippen LogP contribution in [0, 0.1) is 0 Å². The van der Waals surface area contributed by atoms with Gasteiger partial charge in [-0.15, -0.1) is 0 Å². The van der Waals surface area contributed by atoms with Gasteiger partial charge in [0.15, 0.2) is 0 Å².